The molecule has 0 aliphatic heterocycles. The molecule has 1 aromatic heterocycles. The summed E-state index contributed by atoms with van der Waals surface area (Å²) in [5.41, 5.74) is 1.74. The van der Waals surface area contributed by atoms with Crippen molar-refractivity contribution in [3.63, 3.8) is 0 Å². The maximum Gasteiger partial charge on any atom is 0.344 e. The fourth-order valence-electron chi connectivity index (χ4n) is 3.80. The number of rotatable bonds is 13. The van der Waals surface area contributed by atoms with Crippen molar-refractivity contribution >= 4 is 60.8 Å². The Labute approximate surface area is 227 Å². The number of hydrogen-bond acceptors (Lipinski definition) is 7. The summed E-state index contributed by atoms with van der Waals surface area (Å²) in [6, 6.07) is 11.3. The van der Waals surface area contributed by atoms with Crippen molar-refractivity contribution in [2.24, 2.45) is 0 Å². The van der Waals surface area contributed by atoms with E-state index in [1.807, 2.05) is 51.1 Å². The fourth-order valence-corrected chi connectivity index (χ4v) is 8.44. The highest BCUT2D eigenvalue weighted by Gasteiger charge is 2.28. The Morgan fingerprint density at radius 3 is 2.58 bits per heavy atom. The van der Waals surface area contributed by atoms with Crippen molar-refractivity contribution in [3.05, 3.63) is 52.5 Å². The van der Waals surface area contributed by atoms with Gasteiger partial charge in [-0.1, -0.05) is 25.4 Å². The minimum atomic E-state index is -3.63. The minimum Gasteiger partial charge on any atom is -0.482 e. The Kier molecular flexibility index (Phi) is 10.5. The van der Waals surface area contributed by atoms with Gasteiger partial charge in [-0.15, -0.1) is 23.1 Å². The molecule has 196 valence electrons. The largest absolute Gasteiger partial charge is 0.482 e. The first-order valence-corrected chi connectivity index (χ1v) is 15.6. The number of carbonyl (C=O) groups is 1. The van der Waals surface area contributed by atoms with Gasteiger partial charge in [-0.25, -0.2) is 13.2 Å². The SMILES string of the molecule is CCCN(CCSc1ccc(OCC(=O)OCC)c(CC)c1)S(=O)(=O)c1sc2ccc(Cl)cc2c1C. The quantitative estimate of drug-likeness (QED) is 0.171. The summed E-state index contributed by atoms with van der Waals surface area (Å²) in [7, 11) is -3.63. The molecule has 0 N–H and O–H groups in total. The molecule has 0 unspecified atom stereocenters. The number of halogens is 1. The molecule has 10 heteroatoms. The number of aryl methyl sites for hydroxylation is 2. The van der Waals surface area contributed by atoms with Crippen molar-refractivity contribution in [2.45, 2.75) is 49.6 Å². The second kappa shape index (κ2) is 13.1. The summed E-state index contributed by atoms with van der Waals surface area (Å²) in [6.45, 7) is 8.66. The van der Waals surface area contributed by atoms with Crippen molar-refractivity contribution < 1.29 is 22.7 Å². The Hall–Kier alpha value is -1.78. The Balaban J connectivity index is 1.70. The van der Waals surface area contributed by atoms with Gasteiger partial charge in [0.05, 0.1) is 6.61 Å². The third-order valence-corrected chi connectivity index (χ3v) is 10.6. The molecule has 0 aliphatic carbocycles. The number of nitrogens with zero attached hydrogens (tertiary/aromatic N) is 1. The molecule has 0 aliphatic rings. The molecular weight excluding hydrogens is 538 g/mol. The van der Waals surface area contributed by atoms with Gasteiger partial charge in [-0.3, -0.25) is 0 Å². The Morgan fingerprint density at radius 1 is 1.11 bits per heavy atom. The lowest BCUT2D eigenvalue weighted by molar-refractivity contribution is -0.145. The lowest BCUT2D eigenvalue weighted by Crippen LogP contribution is -2.33. The fraction of sp³-hybridized carbons (Fsp3) is 0.423. The van der Waals surface area contributed by atoms with Crippen LogP contribution in [0, 0.1) is 6.92 Å². The number of fused-ring (bicyclic) bond motifs is 1. The number of sulfonamides is 1. The monoisotopic (exact) mass is 569 g/mol. The summed E-state index contributed by atoms with van der Waals surface area (Å²) in [5.74, 6) is 0.874. The summed E-state index contributed by atoms with van der Waals surface area (Å²) in [4.78, 5) is 12.6. The predicted octanol–water partition coefficient (Wildman–Crippen LogP) is 6.56. The van der Waals surface area contributed by atoms with Crippen molar-refractivity contribution in [3.8, 4) is 5.75 Å². The van der Waals surface area contributed by atoms with Crippen LogP contribution >= 0.6 is 34.7 Å². The van der Waals surface area contributed by atoms with Crippen LogP contribution in [0.25, 0.3) is 10.1 Å². The Morgan fingerprint density at radius 2 is 1.89 bits per heavy atom. The van der Waals surface area contributed by atoms with Gasteiger partial charge in [-0.05, 0) is 79.6 Å². The number of carbonyl (C=O) groups excluding carboxylic acids is 1. The van der Waals surface area contributed by atoms with Crippen molar-refractivity contribution in [1.82, 2.24) is 4.31 Å². The first-order chi connectivity index (χ1) is 17.2. The summed E-state index contributed by atoms with van der Waals surface area (Å²) < 4.78 is 40.6. The molecule has 0 saturated heterocycles. The van der Waals surface area contributed by atoms with Crippen LogP contribution in [0.4, 0.5) is 0 Å². The average molecular weight is 570 g/mol. The zero-order chi connectivity index (χ0) is 26.3. The van der Waals surface area contributed by atoms with Gasteiger partial charge in [0, 0.05) is 33.5 Å². The second-order valence-corrected chi connectivity index (χ2v) is 12.9. The van der Waals surface area contributed by atoms with E-state index in [1.165, 1.54) is 11.3 Å². The molecule has 0 fully saturated rings. The molecule has 0 amide bonds. The molecule has 3 rings (SSSR count). The van der Waals surface area contributed by atoms with Crippen LogP contribution < -0.4 is 4.74 Å². The van der Waals surface area contributed by atoms with Crippen LogP contribution in [-0.4, -0.2) is 50.7 Å². The number of benzene rings is 2. The number of thiophene rings is 1. The van der Waals surface area contributed by atoms with E-state index in [9.17, 15) is 13.2 Å². The normalized spacial score (nSPS) is 11.8. The average Bonchev–Trinajstić information content (AvgIpc) is 3.19. The molecule has 6 nitrogen and oxygen atoms in total. The number of esters is 1. The topological polar surface area (TPSA) is 72.9 Å². The van der Waals surface area contributed by atoms with Crippen LogP contribution in [0.2, 0.25) is 5.02 Å². The summed E-state index contributed by atoms with van der Waals surface area (Å²) >= 11 is 9.04. The number of ether oxygens (including phenoxy) is 2. The van der Waals surface area contributed by atoms with Crippen molar-refractivity contribution in [2.75, 3.05) is 32.1 Å². The van der Waals surface area contributed by atoms with Crippen LogP contribution in [0.15, 0.2) is 45.5 Å². The van der Waals surface area contributed by atoms with Gasteiger partial charge in [0.2, 0.25) is 0 Å². The molecule has 0 radical (unpaired) electrons. The van der Waals surface area contributed by atoms with E-state index in [0.29, 0.717) is 40.4 Å². The van der Waals surface area contributed by atoms with Crippen molar-refractivity contribution in [1.29, 1.82) is 0 Å². The van der Waals surface area contributed by atoms with E-state index in [2.05, 4.69) is 0 Å². The molecule has 0 atom stereocenters. The number of thioether (sulfide) groups is 1. The van der Waals surface area contributed by atoms with E-state index in [4.69, 9.17) is 21.1 Å². The molecule has 3 aromatic rings. The molecule has 36 heavy (non-hydrogen) atoms. The van der Waals surface area contributed by atoms with E-state index < -0.39 is 16.0 Å². The third-order valence-electron chi connectivity index (χ3n) is 5.57. The molecular formula is C26H32ClNO5S3. The third kappa shape index (κ3) is 6.95. The van der Waals surface area contributed by atoms with Crippen LogP contribution in [-0.2, 0) is 26.0 Å². The summed E-state index contributed by atoms with van der Waals surface area (Å²) in [6.07, 6.45) is 1.48. The van der Waals surface area contributed by atoms with Gasteiger partial charge in [0.15, 0.2) is 6.61 Å². The predicted molar refractivity (Wildman–Crippen MR) is 149 cm³/mol. The van der Waals surface area contributed by atoms with E-state index in [1.54, 1.807) is 29.1 Å². The first-order valence-electron chi connectivity index (χ1n) is 11.9. The molecule has 1 heterocycles. The summed E-state index contributed by atoms with van der Waals surface area (Å²) in [5, 5.41) is 1.48. The lowest BCUT2D eigenvalue weighted by atomic mass is 10.1. The highest BCUT2D eigenvalue weighted by molar-refractivity contribution is 7.99. The van der Waals surface area contributed by atoms with E-state index in [0.717, 1.165) is 39.0 Å². The molecule has 0 saturated carbocycles. The smallest absolute Gasteiger partial charge is 0.344 e. The van der Waals surface area contributed by atoms with Crippen LogP contribution in [0.3, 0.4) is 0 Å². The van der Waals surface area contributed by atoms with Gasteiger partial charge >= 0.3 is 5.97 Å². The minimum absolute atomic E-state index is 0.124. The maximum atomic E-state index is 13.6. The van der Waals surface area contributed by atoms with Gasteiger partial charge in [-0.2, -0.15) is 4.31 Å². The molecule has 0 bridgehead atoms. The van der Waals surface area contributed by atoms with Crippen LogP contribution in [0.5, 0.6) is 5.75 Å². The lowest BCUT2D eigenvalue weighted by Gasteiger charge is -2.21. The van der Waals surface area contributed by atoms with E-state index >= 15 is 0 Å². The van der Waals surface area contributed by atoms with Gasteiger partial charge < -0.3 is 9.47 Å². The van der Waals surface area contributed by atoms with Gasteiger partial charge in [0.25, 0.3) is 10.0 Å². The maximum absolute atomic E-state index is 13.6. The van der Waals surface area contributed by atoms with E-state index in [-0.39, 0.29) is 6.61 Å². The first kappa shape index (κ1) is 28.8. The standard InChI is InChI=1S/C26H32ClNO5S3/c1-5-12-28(36(30,31)26-18(4)22-16-20(27)8-11-24(22)35-26)13-14-34-21-9-10-23(19(6-2)15-21)33-17-25(29)32-7-3/h8-11,15-16H,5-7,12-14,17H2,1-4H3. The molecule has 0 spiro atoms. The van der Waals surface area contributed by atoms with Gasteiger partial charge in [0.1, 0.15) is 9.96 Å². The highest BCUT2D eigenvalue weighted by Crippen LogP contribution is 2.37. The number of hydrogen-bond donors (Lipinski definition) is 0. The Bertz CT molecular complexity index is 1310. The highest BCUT2D eigenvalue weighted by atomic mass is 35.5. The molecule has 2 aromatic carbocycles. The zero-order valence-corrected chi connectivity index (χ0v) is 24.2. The zero-order valence-electron chi connectivity index (χ0n) is 21.0. The second-order valence-electron chi connectivity index (χ2n) is 8.12. The van der Waals surface area contributed by atoms with Crippen LogP contribution in [0.1, 0.15) is 38.3 Å².